The number of carbonyl (C=O) groups is 2. The van der Waals surface area contributed by atoms with E-state index in [1.54, 1.807) is 12.1 Å². The van der Waals surface area contributed by atoms with Gasteiger partial charge < -0.3 is 10.1 Å². The number of Topliss-reactive ketones (excluding diaryl/α,β-unsaturated/α-hetero) is 1. The standard InChI is InChI=1S/C19H20ClNO3/c1-11-7-12(2)19(13(3)8-11)21-18(23)10-24-17-6-5-15(20)9-16(17)14(4)22/h5-9H,10H2,1-4H3,(H,21,23). The number of benzene rings is 2. The second kappa shape index (κ2) is 7.49. The van der Waals surface area contributed by atoms with E-state index in [1.807, 2.05) is 32.9 Å². The zero-order valence-corrected chi connectivity index (χ0v) is 15.0. The first-order valence-electron chi connectivity index (χ1n) is 7.59. The van der Waals surface area contributed by atoms with Crippen molar-refractivity contribution >= 4 is 29.0 Å². The number of ether oxygens (including phenoxy) is 1. The van der Waals surface area contributed by atoms with Gasteiger partial charge in [-0.05, 0) is 57.0 Å². The van der Waals surface area contributed by atoms with Gasteiger partial charge in [-0.25, -0.2) is 0 Å². The average Bonchev–Trinajstić information content (AvgIpc) is 2.49. The molecule has 1 N–H and O–H groups in total. The van der Waals surface area contributed by atoms with Crippen LogP contribution in [0.15, 0.2) is 30.3 Å². The maximum absolute atomic E-state index is 12.2. The minimum Gasteiger partial charge on any atom is -0.483 e. The number of carbonyl (C=O) groups excluding carboxylic acids is 2. The Kier molecular flexibility index (Phi) is 5.62. The number of aryl methyl sites for hydroxylation is 3. The summed E-state index contributed by atoms with van der Waals surface area (Å²) in [7, 11) is 0. The Bertz CT molecular complexity index is 776. The molecule has 0 aliphatic rings. The molecule has 2 aromatic carbocycles. The largest absolute Gasteiger partial charge is 0.483 e. The van der Waals surface area contributed by atoms with Crippen LogP contribution < -0.4 is 10.1 Å². The lowest BCUT2D eigenvalue weighted by Crippen LogP contribution is -2.21. The lowest BCUT2D eigenvalue weighted by molar-refractivity contribution is -0.118. The summed E-state index contributed by atoms with van der Waals surface area (Å²) in [6.45, 7) is 7.15. The van der Waals surface area contributed by atoms with Gasteiger partial charge in [-0.3, -0.25) is 9.59 Å². The van der Waals surface area contributed by atoms with Crippen LogP contribution in [-0.4, -0.2) is 18.3 Å². The predicted molar refractivity (Wildman–Crippen MR) is 96.2 cm³/mol. The number of amides is 1. The molecule has 0 heterocycles. The van der Waals surface area contributed by atoms with E-state index in [2.05, 4.69) is 5.32 Å². The van der Waals surface area contributed by atoms with Crippen LogP contribution in [0.3, 0.4) is 0 Å². The van der Waals surface area contributed by atoms with Crippen LogP contribution in [0.1, 0.15) is 34.0 Å². The number of hydrogen-bond acceptors (Lipinski definition) is 3. The fraction of sp³-hybridized carbons (Fsp3) is 0.263. The normalized spacial score (nSPS) is 10.4. The van der Waals surface area contributed by atoms with Crippen molar-refractivity contribution in [2.75, 3.05) is 11.9 Å². The van der Waals surface area contributed by atoms with Gasteiger partial charge >= 0.3 is 0 Å². The third-order valence-corrected chi connectivity index (χ3v) is 3.86. The molecule has 2 aromatic rings. The first-order valence-corrected chi connectivity index (χ1v) is 7.96. The van der Waals surface area contributed by atoms with Gasteiger partial charge in [-0.1, -0.05) is 29.3 Å². The summed E-state index contributed by atoms with van der Waals surface area (Å²) in [5.74, 6) is -0.105. The molecule has 0 atom stereocenters. The molecular weight excluding hydrogens is 326 g/mol. The molecule has 24 heavy (non-hydrogen) atoms. The van der Waals surface area contributed by atoms with E-state index in [-0.39, 0.29) is 18.3 Å². The Morgan fingerprint density at radius 3 is 2.29 bits per heavy atom. The number of nitrogens with one attached hydrogen (secondary N) is 1. The number of rotatable bonds is 5. The quantitative estimate of drug-likeness (QED) is 0.812. The maximum Gasteiger partial charge on any atom is 0.262 e. The van der Waals surface area contributed by atoms with Gasteiger partial charge in [0, 0.05) is 10.7 Å². The second-order valence-corrected chi connectivity index (χ2v) is 6.24. The fourth-order valence-electron chi connectivity index (χ4n) is 2.60. The van der Waals surface area contributed by atoms with Crippen molar-refractivity contribution in [3.05, 3.63) is 57.6 Å². The van der Waals surface area contributed by atoms with Gasteiger partial charge in [0.25, 0.3) is 5.91 Å². The molecule has 0 aliphatic carbocycles. The molecular formula is C19H20ClNO3. The molecule has 0 bridgehead atoms. The Labute approximate surface area is 146 Å². The summed E-state index contributed by atoms with van der Waals surface area (Å²) in [6.07, 6.45) is 0. The van der Waals surface area contributed by atoms with Crippen LogP contribution in [0.4, 0.5) is 5.69 Å². The molecule has 0 saturated heterocycles. The summed E-state index contributed by atoms with van der Waals surface area (Å²) in [5, 5.41) is 3.31. The molecule has 126 valence electrons. The molecule has 2 rings (SSSR count). The van der Waals surface area contributed by atoms with Crippen LogP contribution in [0.5, 0.6) is 5.75 Å². The zero-order valence-electron chi connectivity index (χ0n) is 14.2. The highest BCUT2D eigenvalue weighted by Gasteiger charge is 2.13. The van der Waals surface area contributed by atoms with Crippen LogP contribution in [-0.2, 0) is 4.79 Å². The number of ketones is 1. The molecule has 0 aliphatic heterocycles. The van der Waals surface area contributed by atoms with E-state index < -0.39 is 0 Å². The van der Waals surface area contributed by atoms with E-state index in [9.17, 15) is 9.59 Å². The summed E-state index contributed by atoms with van der Waals surface area (Å²) in [4.78, 5) is 23.8. The molecule has 0 radical (unpaired) electrons. The van der Waals surface area contributed by atoms with Crippen molar-refractivity contribution in [2.45, 2.75) is 27.7 Å². The van der Waals surface area contributed by atoms with E-state index in [1.165, 1.54) is 13.0 Å². The summed E-state index contributed by atoms with van der Waals surface area (Å²) >= 11 is 5.89. The monoisotopic (exact) mass is 345 g/mol. The smallest absolute Gasteiger partial charge is 0.262 e. The van der Waals surface area contributed by atoms with Crippen molar-refractivity contribution in [3.8, 4) is 5.75 Å². The topological polar surface area (TPSA) is 55.4 Å². The van der Waals surface area contributed by atoms with E-state index in [0.717, 1.165) is 22.4 Å². The van der Waals surface area contributed by atoms with Crippen molar-refractivity contribution in [1.29, 1.82) is 0 Å². The Morgan fingerprint density at radius 2 is 1.71 bits per heavy atom. The molecule has 0 saturated carbocycles. The molecule has 4 nitrogen and oxygen atoms in total. The molecule has 0 unspecified atom stereocenters. The first-order chi connectivity index (χ1) is 11.3. The van der Waals surface area contributed by atoms with Gasteiger partial charge in [-0.15, -0.1) is 0 Å². The zero-order chi connectivity index (χ0) is 17.9. The maximum atomic E-state index is 12.2. The minimum absolute atomic E-state index is 0.168. The Balaban J connectivity index is 2.09. The highest BCUT2D eigenvalue weighted by Crippen LogP contribution is 2.24. The van der Waals surface area contributed by atoms with Gasteiger partial charge in [0.2, 0.25) is 0 Å². The van der Waals surface area contributed by atoms with E-state index in [0.29, 0.717) is 16.3 Å². The molecule has 0 fully saturated rings. The lowest BCUT2D eigenvalue weighted by Gasteiger charge is -2.14. The SMILES string of the molecule is CC(=O)c1cc(Cl)ccc1OCC(=O)Nc1c(C)cc(C)cc1C. The highest BCUT2D eigenvalue weighted by atomic mass is 35.5. The third kappa shape index (κ3) is 4.36. The summed E-state index contributed by atoms with van der Waals surface area (Å²) in [6, 6.07) is 8.77. The molecule has 0 aromatic heterocycles. The highest BCUT2D eigenvalue weighted by molar-refractivity contribution is 6.31. The van der Waals surface area contributed by atoms with Crippen molar-refractivity contribution in [2.24, 2.45) is 0 Å². The van der Waals surface area contributed by atoms with E-state index in [4.69, 9.17) is 16.3 Å². The first kappa shape index (κ1) is 18.0. The number of hydrogen-bond donors (Lipinski definition) is 1. The Hall–Kier alpha value is -2.33. The fourth-order valence-corrected chi connectivity index (χ4v) is 2.77. The van der Waals surface area contributed by atoms with Crippen molar-refractivity contribution < 1.29 is 14.3 Å². The van der Waals surface area contributed by atoms with Crippen molar-refractivity contribution in [3.63, 3.8) is 0 Å². The van der Waals surface area contributed by atoms with Crippen LogP contribution >= 0.6 is 11.6 Å². The molecule has 0 spiro atoms. The van der Waals surface area contributed by atoms with Crippen molar-refractivity contribution in [1.82, 2.24) is 0 Å². The van der Waals surface area contributed by atoms with Gasteiger partial charge in [0.05, 0.1) is 5.56 Å². The number of halogens is 1. The second-order valence-electron chi connectivity index (χ2n) is 5.81. The molecule has 1 amide bonds. The van der Waals surface area contributed by atoms with Crippen LogP contribution in [0.25, 0.3) is 0 Å². The average molecular weight is 346 g/mol. The minimum atomic E-state index is -0.283. The van der Waals surface area contributed by atoms with Gasteiger partial charge in [-0.2, -0.15) is 0 Å². The summed E-state index contributed by atoms with van der Waals surface area (Å²) in [5.41, 5.74) is 4.29. The molecule has 5 heteroatoms. The number of anilines is 1. The third-order valence-electron chi connectivity index (χ3n) is 3.62. The summed E-state index contributed by atoms with van der Waals surface area (Å²) < 4.78 is 5.50. The predicted octanol–water partition coefficient (Wildman–Crippen LogP) is 4.49. The Morgan fingerprint density at radius 1 is 1.08 bits per heavy atom. The van der Waals surface area contributed by atoms with Gasteiger partial charge in [0.1, 0.15) is 5.75 Å². The van der Waals surface area contributed by atoms with Crippen LogP contribution in [0, 0.1) is 20.8 Å². The van der Waals surface area contributed by atoms with E-state index >= 15 is 0 Å². The van der Waals surface area contributed by atoms with Crippen LogP contribution in [0.2, 0.25) is 5.02 Å². The lowest BCUT2D eigenvalue weighted by atomic mass is 10.1. The van der Waals surface area contributed by atoms with Gasteiger partial charge in [0.15, 0.2) is 12.4 Å².